The van der Waals surface area contributed by atoms with Crippen LogP contribution in [0.3, 0.4) is 0 Å². The normalized spacial score (nSPS) is 19.1. The molecule has 3 heterocycles. The molecule has 1 fully saturated rings. The van der Waals surface area contributed by atoms with Gasteiger partial charge in [0.25, 0.3) is 0 Å². The van der Waals surface area contributed by atoms with E-state index in [-0.39, 0.29) is 6.54 Å². The summed E-state index contributed by atoms with van der Waals surface area (Å²) in [4.78, 5) is 25.8. The van der Waals surface area contributed by atoms with Crippen LogP contribution in [0, 0.1) is 5.82 Å². The van der Waals surface area contributed by atoms with Gasteiger partial charge in [-0.3, -0.25) is 9.69 Å². The summed E-state index contributed by atoms with van der Waals surface area (Å²) < 4.78 is 24.7. The first-order valence-corrected chi connectivity index (χ1v) is 8.58. The van der Waals surface area contributed by atoms with Crippen molar-refractivity contribution >= 4 is 36.0 Å². The number of rotatable bonds is 6. The smallest absolute Gasteiger partial charge is 0.414 e. The van der Waals surface area contributed by atoms with E-state index < -0.39 is 18.0 Å². The molecule has 0 aliphatic carbocycles. The number of carbonyl (C=O) groups is 2. The highest BCUT2D eigenvalue weighted by Gasteiger charge is 2.33. The van der Waals surface area contributed by atoms with Crippen LogP contribution in [0.25, 0.3) is 0 Å². The maximum Gasteiger partial charge on any atom is 0.414 e. The van der Waals surface area contributed by atoms with Crippen LogP contribution in [0.15, 0.2) is 40.2 Å². The van der Waals surface area contributed by atoms with E-state index >= 15 is 0 Å². The van der Waals surface area contributed by atoms with Gasteiger partial charge in [0, 0.05) is 12.6 Å². The fourth-order valence-electron chi connectivity index (χ4n) is 2.97. The van der Waals surface area contributed by atoms with E-state index in [1.165, 1.54) is 28.6 Å². The van der Waals surface area contributed by atoms with E-state index in [0.717, 1.165) is 0 Å². The Balaban J connectivity index is 1.42. The van der Waals surface area contributed by atoms with Gasteiger partial charge in [0.2, 0.25) is 6.41 Å². The molecule has 0 spiro atoms. The first-order chi connectivity index (χ1) is 13.6. The second-order valence-corrected chi connectivity index (χ2v) is 6.21. The van der Waals surface area contributed by atoms with Crippen LogP contribution in [0.2, 0.25) is 0 Å². The van der Waals surface area contributed by atoms with Crippen molar-refractivity contribution in [3.63, 3.8) is 0 Å². The highest BCUT2D eigenvalue weighted by Crippen LogP contribution is 2.28. The molecular weight excluding hydrogens is 371 g/mol. The van der Waals surface area contributed by atoms with Gasteiger partial charge in [-0.2, -0.15) is 5.10 Å². The summed E-state index contributed by atoms with van der Waals surface area (Å²) in [6, 6.07) is 6.15. The molecule has 2 amide bonds. The molecule has 11 heteroatoms. The molecule has 1 atom stereocenters. The second-order valence-electron chi connectivity index (χ2n) is 6.21. The minimum atomic E-state index is -0.541. The number of anilines is 3. The second kappa shape index (κ2) is 7.55. The molecular formula is C17H17FN6O4. The Kier molecular flexibility index (Phi) is 4.79. The van der Waals surface area contributed by atoms with Crippen LogP contribution in [0.5, 0.6) is 0 Å². The summed E-state index contributed by atoms with van der Waals surface area (Å²) in [6.45, 7) is 1.41. The fourth-order valence-corrected chi connectivity index (χ4v) is 2.97. The van der Waals surface area contributed by atoms with Gasteiger partial charge in [-0.05, 0) is 18.2 Å². The number of nitrogens with zero attached hydrogens (tertiary/aromatic N) is 5. The van der Waals surface area contributed by atoms with Gasteiger partial charge in [-0.25, -0.2) is 14.2 Å². The van der Waals surface area contributed by atoms with Crippen molar-refractivity contribution in [1.29, 1.82) is 0 Å². The van der Waals surface area contributed by atoms with Crippen LogP contribution < -0.4 is 15.1 Å². The molecule has 2 aromatic rings. The maximum absolute atomic E-state index is 14.6. The molecule has 0 saturated carbocycles. The monoisotopic (exact) mass is 388 g/mol. The molecule has 2 aliphatic heterocycles. The lowest BCUT2D eigenvalue weighted by molar-refractivity contribution is -0.118. The van der Waals surface area contributed by atoms with Gasteiger partial charge in [0.05, 0.1) is 31.0 Å². The number of nitrogens with one attached hydrogen (secondary N) is 1. The van der Waals surface area contributed by atoms with E-state index in [1.54, 1.807) is 23.1 Å². The van der Waals surface area contributed by atoms with Crippen LogP contribution >= 0.6 is 0 Å². The average molecular weight is 388 g/mol. The Morgan fingerprint density at radius 3 is 2.89 bits per heavy atom. The number of hydrogen-bond donors (Lipinski definition) is 1. The van der Waals surface area contributed by atoms with E-state index in [2.05, 4.69) is 15.6 Å². The number of benzene rings is 1. The highest BCUT2D eigenvalue weighted by molar-refractivity contribution is 5.90. The van der Waals surface area contributed by atoms with Crippen molar-refractivity contribution in [2.24, 2.45) is 5.10 Å². The van der Waals surface area contributed by atoms with E-state index in [9.17, 15) is 14.0 Å². The third-order valence-corrected chi connectivity index (χ3v) is 4.41. The number of ether oxygens (including phenoxy) is 1. The molecule has 1 saturated heterocycles. The largest absolute Gasteiger partial charge is 0.442 e. The lowest BCUT2D eigenvalue weighted by Gasteiger charge is -2.27. The zero-order chi connectivity index (χ0) is 19.5. The number of aromatic nitrogens is 1. The molecule has 1 N–H and O–H groups in total. The molecule has 1 aromatic carbocycles. The predicted molar refractivity (Wildman–Crippen MR) is 97.6 cm³/mol. The van der Waals surface area contributed by atoms with E-state index in [1.807, 2.05) is 0 Å². The summed E-state index contributed by atoms with van der Waals surface area (Å²) >= 11 is 0. The predicted octanol–water partition coefficient (Wildman–Crippen LogP) is 1.47. The standard InChI is InChI=1S/C17H17FN6O4/c18-14-7-12(1-2-15(14)22-4-5-23(11-25)20-10-22)24-9-13(28-17(24)26)8-19-16-3-6-27-21-16/h1-3,6-7,10-11,13H,4-5,8-9H2,(H,19,21). The molecule has 28 heavy (non-hydrogen) atoms. The van der Waals surface area contributed by atoms with Crippen molar-refractivity contribution < 1.29 is 23.2 Å². The molecule has 0 bridgehead atoms. The lowest BCUT2D eigenvalue weighted by atomic mass is 10.2. The number of halogens is 1. The van der Waals surface area contributed by atoms with Crippen molar-refractivity contribution in [2.75, 3.05) is 41.3 Å². The molecule has 1 aromatic heterocycles. The zero-order valence-electron chi connectivity index (χ0n) is 14.7. The SMILES string of the molecule is O=CN1CCN(c2ccc(N3CC(CNc4ccon4)OC3=O)cc2F)C=N1. The zero-order valence-corrected chi connectivity index (χ0v) is 14.7. The quantitative estimate of drug-likeness (QED) is 0.748. The number of cyclic esters (lactones) is 1. The first-order valence-electron chi connectivity index (χ1n) is 8.58. The third kappa shape index (κ3) is 3.59. The molecule has 10 nitrogen and oxygen atoms in total. The Morgan fingerprint density at radius 2 is 2.21 bits per heavy atom. The van der Waals surface area contributed by atoms with Gasteiger partial charge in [0.15, 0.2) is 5.82 Å². The summed E-state index contributed by atoms with van der Waals surface area (Å²) in [5, 5.41) is 11.9. The van der Waals surface area contributed by atoms with Crippen LogP contribution in [0.4, 0.5) is 26.4 Å². The van der Waals surface area contributed by atoms with Gasteiger partial charge in [0.1, 0.15) is 24.5 Å². The Bertz CT molecular complexity index is 890. The maximum atomic E-state index is 14.6. The van der Waals surface area contributed by atoms with Crippen molar-refractivity contribution in [3.05, 3.63) is 36.3 Å². The fraction of sp³-hybridized carbons (Fsp3) is 0.294. The topological polar surface area (TPSA) is 104 Å². The summed E-state index contributed by atoms with van der Waals surface area (Å²) in [7, 11) is 0. The van der Waals surface area contributed by atoms with Crippen LogP contribution in [0.1, 0.15) is 0 Å². The molecule has 146 valence electrons. The third-order valence-electron chi connectivity index (χ3n) is 4.41. The number of carbonyl (C=O) groups excluding carboxylic acids is 2. The Morgan fingerprint density at radius 1 is 1.32 bits per heavy atom. The van der Waals surface area contributed by atoms with Crippen molar-refractivity contribution in [2.45, 2.75) is 6.10 Å². The Labute approximate surface area is 159 Å². The molecule has 4 rings (SSSR count). The van der Waals surface area contributed by atoms with Gasteiger partial charge in [-0.15, -0.1) is 0 Å². The summed E-state index contributed by atoms with van der Waals surface area (Å²) in [6.07, 6.45) is 2.49. The van der Waals surface area contributed by atoms with Crippen molar-refractivity contribution in [1.82, 2.24) is 10.2 Å². The first kappa shape index (κ1) is 17.8. The Hall–Kier alpha value is -3.63. The minimum absolute atomic E-state index is 0.280. The molecule has 2 aliphatic rings. The number of amides is 2. The molecule has 1 unspecified atom stereocenters. The number of hydrogen-bond acceptors (Lipinski definition) is 8. The average Bonchev–Trinajstić information content (AvgIpc) is 3.36. The highest BCUT2D eigenvalue weighted by atomic mass is 19.1. The van der Waals surface area contributed by atoms with Crippen LogP contribution in [-0.4, -0.2) is 61.3 Å². The van der Waals surface area contributed by atoms with E-state index in [4.69, 9.17) is 9.26 Å². The van der Waals surface area contributed by atoms with Gasteiger partial charge >= 0.3 is 6.09 Å². The lowest BCUT2D eigenvalue weighted by Crippen LogP contribution is -2.37. The minimum Gasteiger partial charge on any atom is -0.442 e. The van der Waals surface area contributed by atoms with E-state index in [0.29, 0.717) is 43.2 Å². The van der Waals surface area contributed by atoms with Gasteiger partial charge in [-0.1, -0.05) is 5.16 Å². The van der Waals surface area contributed by atoms with Crippen LogP contribution in [-0.2, 0) is 9.53 Å². The van der Waals surface area contributed by atoms with Gasteiger partial charge < -0.3 is 19.5 Å². The molecule has 0 radical (unpaired) electrons. The van der Waals surface area contributed by atoms with Crippen molar-refractivity contribution in [3.8, 4) is 0 Å². The summed E-state index contributed by atoms with van der Waals surface area (Å²) in [5.74, 6) is 0.0433. The summed E-state index contributed by atoms with van der Waals surface area (Å²) in [5.41, 5.74) is 0.716. The number of hydrazone groups is 1.